The Hall–Kier alpha value is -2.42. The Labute approximate surface area is 249 Å². The second kappa shape index (κ2) is 19.7. The highest BCUT2D eigenvalue weighted by Crippen LogP contribution is 2.26. The molecule has 2 aliphatic heterocycles. The van der Waals surface area contributed by atoms with Crippen LogP contribution in [-0.4, -0.2) is 96.3 Å². The van der Waals surface area contributed by atoms with Crippen molar-refractivity contribution in [2.24, 2.45) is 5.92 Å². The molecule has 9 heteroatoms. The summed E-state index contributed by atoms with van der Waals surface area (Å²) in [4.78, 5) is 53.9. The van der Waals surface area contributed by atoms with E-state index < -0.39 is 6.04 Å². The van der Waals surface area contributed by atoms with Gasteiger partial charge < -0.3 is 24.8 Å². The largest absolute Gasteiger partial charge is 0.461 e. The fourth-order valence-electron chi connectivity index (χ4n) is 5.15. The molecule has 3 amide bonds. The molecule has 0 radical (unpaired) electrons. The van der Waals surface area contributed by atoms with Crippen LogP contribution in [-0.2, 0) is 23.9 Å². The van der Waals surface area contributed by atoms with Crippen molar-refractivity contribution in [3.63, 3.8) is 0 Å². The van der Waals surface area contributed by atoms with Gasteiger partial charge in [-0.1, -0.05) is 46.6 Å². The maximum atomic E-state index is 13.0. The van der Waals surface area contributed by atoms with Gasteiger partial charge in [0.25, 0.3) is 0 Å². The van der Waals surface area contributed by atoms with E-state index in [1.807, 2.05) is 13.8 Å². The lowest BCUT2D eigenvalue weighted by Gasteiger charge is -2.31. The van der Waals surface area contributed by atoms with Crippen molar-refractivity contribution in [3.8, 4) is 0 Å². The van der Waals surface area contributed by atoms with E-state index in [2.05, 4.69) is 37.9 Å². The van der Waals surface area contributed by atoms with Gasteiger partial charge >= 0.3 is 5.97 Å². The summed E-state index contributed by atoms with van der Waals surface area (Å²) in [6, 6.07) is -0.0618. The van der Waals surface area contributed by atoms with Crippen molar-refractivity contribution in [1.29, 1.82) is 0 Å². The lowest BCUT2D eigenvalue weighted by Crippen LogP contribution is -2.45. The molecule has 1 saturated carbocycles. The highest BCUT2D eigenvalue weighted by atomic mass is 16.5. The third kappa shape index (κ3) is 12.5. The van der Waals surface area contributed by atoms with Crippen LogP contribution in [0.2, 0.25) is 0 Å². The minimum atomic E-state index is -0.528. The molecule has 0 aromatic heterocycles. The normalized spacial score (nSPS) is 20.2. The molecule has 2 atom stereocenters. The molecule has 0 aromatic carbocycles. The van der Waals surface area contributed by atoms with Crippen molar-refractivity contribution < 1.29 is 23.9 Å². The SMILES string of the molecule is C/C(=C\C(C(C)C)N(C)C(=O)CNC=O)C(=O)N1CCCC1C(=O)OC1CCC1.CC(C)N1CCCCC1.CCC. The average Bonchev–Trinajstić information content (AvgIpc) is 3.42. The van der Waals surface area contributed by atoms with Crippen molar-refractivity contribution in [2.45, 2.75) is 130 Å². The number of piperidine rings is 1. The summed E-state index contributed by atoms with van der Waals surface area (Å²) in [5.41, 5.74) is 0.495. The summed E-state index contributed by atoms with van der Waals surface area (Å²) in [6.07, 6.45) is 12.1. The molecule has 0 spiro atoms. The fraction of sp³-hybridized carbons (Fsp3) is 0.812. The number of nitrogens with zero attached hydrogens (tertiary/aromatic N) is 3. The van der Waals surface area contributed by atoms with Crippen LogP contribution in [0.4, 0.5) is 0 Å². The van der Waals surface area contributed by atoms with Crippen molar-refractivity contribution in [3.05, 3.63) is 11.6 Å². The number of likely N-dealkylation sites (tertiary alicyclic amines) is 2. The predicted octanol–water partition coefficient (Wildman–Crippen LogP) is 4.55. The number of hydrogen-bond donors (Lipinski definition) is 1. The molecule has 41 heavy (non-hydrogen) atoms. The van der Waals surface area contributed by atoms with Crippen molar-refractivity contribution >= 4 is 24.2 Å². The Morgan fingerprint density at radius 1 is 0.951 bits per heavy atom. The lowest BCUT2D eigenvalue weighted by atomic mass is 9.96. The molecule has 1 N–H and O–H groups in total. The number of nitrogens with one attached hydrogen (secondary N) is 1. The zero-order valence-electron chi connectivity index (χ0n) is 27.1. The van der Waals surface area contributed by atoms with Crippen LogP contribution >= 0.6 is 0 Å². The van der Waals surface area contributed by atoms with Gasteiger partial charge in [0.15, 0.2) is 0 Å². The van der Waals surface area contributed by atoms with Gasteiger partial charge in [0, 0.05) is 25.2 Å². The Morgan fingerprint density at radius 2 is 1.56 bits per heavy atom. The van der Waals surface area contributed by atoms with E-state index >= 15 is 0 Å². The first-order valence-corrected chi connectivity index (χ1v) is 15.8. The summed E-state index contributed by atoms with van der Waals surface area (Å²) in [6.45, 7) is 17.6. The van der Waals surface area contributed by atoms with Gasteiger partial charge in [0.1, 0.15) is 12.1 Å². The Morgan fingerprint density at radius 3 is 2.02 bits per heavy atom. The molecule has 236 valence electrons. The van der Waals surface area contributed by atoms with Crippen LogP contribution in [0.3, 0.4) is 0 Å². The average molecular weight is 579 g/mol. The van der Waals surface area contributed by atoms with Crippen LogP contribution < -0.4 is 5.32 Å². The Bertz CT molecular complexity index is 834. The van der Waals surface area contributed by atoms with Crippen LogP contribution in [0.5, 0.6) is 0 Å². The highest BCUT2D eigenvalue weighted by molar-refractivity contribution is 5.96. The van der Waals surface area contributed by atoms with E-state index in [-0.39, 0.29) is 42.4 Å². The number of rotatable bonds is 10. The van der Waals surface area contributed by atoms with Crippen LogP contribution in [0.15, 0.2) is 11.6 Å². The van der Waals surface area contributed by atoms with Gasteiger partial charge in [-0.25, -0.2) is 4.79 Å². The van der Waals surface area contributed by atoms with Crippen LogP contribution in [0.25, 0.3) is 0 Å². The molecular weight excluding hydrogens is 520 g/mol. The van der Waals surface area contributed by atoms with Gasteiger partial charge in [0.2, 0.25) is 18.2 Å². The molecule has 1 aliphatic carbocycles. The molecule has 2 unspecified atom stereocenters. The van der Waals surface area contributed by atoms with Gasteiger partial charge in [-0.15, -0.1) is 0 Å². The standard InChI is InChI=1S/C21H33N3O5.C8H17N.C3H8/c1-14(2)18(23(4)19(26)12-22-13-25)11-15(3)20(27)24-10-6-9-17(24)21(28)29-16-7-5-8-16;1-8(2)9-6-4-3-5-7-9;1-3-2/h11,13-14,16-18H,5-10,12H2,1-4H3,(H,22,25);8H,3-7H2,1-2H3;3H2,1-2H3/b15-11+;;. The second-order valence-electron chi connectivity index (χ2n) is 12.1. The van der Waals surface area contributed by atoms with E-state index in [1.165, 1.54) is 43.7 Å². The topological polar surface area (TPSA) is 99.3 Å². The Kier molecular flexibility index (Phi) is 17.5. The Balaban J connectivity index is 0.000000581. The first-order chi connectivity index (χ1) is 19.5. The smallest absolute Gasteiger partial charge is 0.329 e. The van der Waals surface area contributed by atoms with Crippen LogP contribution in [0, 0.1) is 5.92 Å². The van der Waals surface area contributed by atoms with Gasteiger partial charge in [-0.05, 0) is 84.7 Å². The summed E-state index contributed by atoms with van der Waals surface area (Å²) >= 11 is 0. The lowest BCUT2D eigenvalue weighted by molar-refractivity contribution is -0.160. The van der Waals surface area contributed by atoms with E-state index in [0.29, 0.717) is 24.9 Å². The first-order valence-electron chi connectivity index (χ1n) is 15.8. The fourth-order valence-corrected chi connectivity index (χ4v) is 5.15. The van der Waals surface area contributed by atoms with E-state index in [9.17, 15) is 19.2 Å². The molecule has 0 bridgehead atoms. The number of carbonyl (C=O) groups excluding carboxylic acids is 4. The molecular formula is C32H58N4O5. The van der Waals surface area contributed by atoms with Gasteiger partial charge in [-0.3, -0.25) is 14.4 Å². The van der Waals surface area contributed by atoms with E-state index in [4.69, 9.17) is 4.74 Å². The molecule has 3 rings (SSSR count). The zero-order valence-corrected chi connectivity index (χ0v) is 27.1. The zero-order chi connectivity index (χ0) is 30.9. The number of likely N-dealkylation sites (N-methyl/N-ethyl adjacent to an activating group) is 1. The van der Waals surface area contributed by atoms with Crippen molar-refractivity contribution in [2.75, 3.05) is 33.2 Å². The molecule has 3 aliphatic rings. The van der Waals surface area contributed by atoms with Gasteiger partial charge in [-0.2, -0.15) is 0 Å². The number of hydrogen-bond acceptors (Lipinski definition) is 6. The maximum absolute atomic E-state index is 13.0. The quantitative estimate of drug-likeness (QED) is 0.232. The van der Waals surface area contributed by atoms with Crippen LogP contribution in [0.1, 0.15) is 106 Å². The van der Waals surface area contributed by atoms with E-state index in [0.717, 1.165) is 31.7 Å². The molecule has 3 fully saturated rings. The van der Waals surface area contributed by atoms with E-state index in [1.54, 1.807) is 24.9 Å². The third-order valence-corrected chi connectivity index (χ3v) is 7.86. The number of amides is 3. The number of ether oxygens (including phenoxy) is 1. The number of esters is 1. The van der Waals surface area contributed by atoms with Crippen molar-refractivity contribution in [1.82, 2.24) is 20.0 Å². The minimum Gasteiger partial charge on any atom is -0.461 e. The second-order valence-corrected chi connectivity index (χ2v) is 12.1. The minimum absolute atomic E-state index is 0.00153. The summed E-state index contributed by atoms with van der Waals surface area (Å²) < 4.78 is 5.52. The first kappa shape index (κ1) is 36.6. The third-order valence-electron chi connectivity index (χ3n) is 7.86. The summed E-state index contributed by atoms with van der Waals surface area (Å²) in [7, 11) is 1.66. The molecule has 2 saturated heterocycles. The molecule has 2 heterocycles. The molecule has 9 nitrogen and oxygen atoms in total. The predicted molar refractivity (Wildman–Crippen MR) is 164 cm³/mol. The highest BCUT2D eigenvalue weighted by Gasteiger charge is 2.37. The summed E-state index contributed by atoms with van der Waals surface area (Å²) in [5, 5.41) is 2.37. The molecule has 0 aromatic rings. The van der Waals surface area contributed by atoms with Gasteiger partial charge in [0.05, 0.1) is 12.6 Å². The summed E-state index contributed by atoms with van der Waals surface area (Å²) in [5.74, 6) is -0.673. The maximum Gasteiger partial charge on any atom is 0.329 e. The number of carbonyl (C=O) groups is 4. The monoisotopic (exact) mass is 578 g/mol.